The predicted octanol–water partition coefficient (Wildman–Crippen LogP) is 2.07. The Morgan fingerprint density at radius 1 is 1.43 bits per heavy atom. The largest absolute Gasteiger partial charge is 0.156 e. The summed E-state index contributed by atoms with van der Waals surface area (Å²) in [5, 5.41) is 0. The lowest BCUT2D eigenvalue weighted by atomic mass is 9.71. The molecule has 0 unspecified atom stereocenters. The molecular formula is C6H9S. The molecule has 0 aromatic rings. The van der Waals surface area contributed by atoms with Crippen molar-refractivity contribution in [2.45, 2.75) is 19.3 Å². The Morgan fingerprint density at radius 3 is 2.14 bits per heavy atom. The van der Waals surface area contributed by atoms with Gasteiger partial charge in [0.15, 0.2) is 0 Å². The first-order valence-corrected chi connectivity index (χ1v) is 3.92. The molecule has 2 rings (SSSR count). The third-order valence-electron chi connectivity index (χ3n) is 2.05. The minimum Gasteiger partial charge on any atom is -0.156 e. The molecule has 39 valence electrons. The zero-order chi connectivity index (χ0) is 4.74. The van der Waals surface area contributed by atoms with Crippen molar-refractivity contribution in [1.82, 2.24) is 0 Å². The van der Waals surface area contributed by atoms with Crippen molar-refractivity contribution in [2.75, 3.05) is 5.75 Å². The second-order valence-electron chi connectivity index (χ2n) is 2.64. The van der Waals surface area contributed by atoms with Gasteiger partial charge < -0.3 is 0 Å². The molecule has 1 saturated carbocycles. The van der Waals surface area contributed by atoms with E-state index in [4.69, 9.17) is 0 Å². The molecule has 0 atom stereocenters. The van der Waals surface area contributed by atoms with Crippen molar-refractivity contribution >= 4 is 11.8 Å². The Bertz CT molecular complexity index is 64.7. The molecule has 1 spiro atoms. The minimum absolute atomic E-state index is 0.782. The van der Waals surface area contributed by atoms with Crippen molar-refractivity contribution in [1.29, 1.82) is 0 Å². The molecule has 7 heavy (non-hydrogen) atoms. The Hall–Kier alpha value is 0.350. The zero-order valence-electron chi connectivity index (χ0n) is 4.31. The van der Waals surface area contributed by atoms with Crippen molar-refractivity contribution in [3.63, 3.8) is 0 Å². The van der Waals surface area contributed by atoms with Gasteiger partial charge in [0.2, 0.25) is 0 Å². The van der Waals surface area contributed by atoms with Crippen LogP contribution in [0.1, 0.15) is 19.3 Å². The Labute approximate surface area is 48.7 Å². The summed E-state index contributed by atoms with van der Waals surface area (Å²) in [6.07, 6.45) is 4.46. The maximum Gasteiger partial charge on any atom is 0.0236 e. The molecule has 1 aliphatic heterocycles. The third kappa shape index (κ3) is 0.449. The maximum atomic E-state index is 2.43. The highest BCUT2D eigenvalue weighted by atomic mass is 32.2. The van der Waals surface area contributed by atoms with E-state index in [2.05, 4.69) is 5.75 Å². The number of hydrogen-bond donors (Lipinski definition) is 0. The van der Waals surface area contributed by atoms with Gasteiger partial charge in [-0.1, -0.05) is 6.42 Å². The topological polar surface area (TPSA) is 0 Å². The van der Waals surface area contributed by atoms with Crippen LogP contribution >= 0.6 is 11.8 Å². The molecular weight excluding hydrogens is 104 g/mol. The summed E-state index contributed by atoms with van der Waals surface area (Å²) in [6.45, 7) is 0. The molecule has 0 bridgehead atoms. The Morgan fingerprint density at radius 2 is 2.14 bits per heavy atom. The van der Waals surface area contributed by atoms with Gasteiger partial charge >= 0.3 is 0 Å². The van der Waals surface area contributed by atoms with Crippen molar-refractivity contribution in [3.05, 3.63) is 5.75 Å². The van der Waals surface area contributed by atoms with E-state index in [1.807, 2.05) is 11.8 Å². The maximum absolute atomic E-state index is 2.43. The normalized spacial score (nSPS) is 34.3. The first-order chi connectivity index (χ1) is 3.41. The predicted molar refractivity (Wildman–Crippen MR) is 33.0 cm³/mol. The van der Waals surface area contributed by atoms with Gasteiger partial charge in [-0.2, -0.15) is 11.8 Å². The summed E-state index contributed by atoms with van der Waals surface area (Å²) in [6, 6.07) is 0. The average Bonchev–Trinajstić information content (AvgIpc) is 1.20. The fourth-order valence-corrected chi connectivity index (χ4v) is 2.37. The molecule has 0 aromatic carbocycles. The van der Waals surface area contributed by atoms with E-state index < -0.39 is 0 Å². The molecule has 0 N–H and O–H groups in total. The van der Waals surface area contributed by atoms with Crippen LogP contribution in [-0.4, -0.2) is 5.75 Å². The van der Waals surface area contributed by atoms with Gasteiger partial charge in [-0.05, 0) is 18.3 Å². The van der Waals surface area contributed by atoms with Gasteiger partial charge in [-0.15, -0.1) is 0 Å². The average molecular weight is 113 g/mol. The van der Waals surface area contributed by atoms with Gasteiger partial charge in [0.05, 0.1) is 0 Å². The number of rotatable bonds is 0. The Balaban J connectivity index is 2.00. The van der Waals surface area contributed by atoms with Gasteiger partial charge in [0.25, 0.3) is 0 Å². The van der Waals surface area contributed by atoms with Crippen LogP contribution in [0.3, 0.4) is 0 Å². The zero-order valence-corrected chi connectivity index (χ0v) is 5.13. The molecule has 1 radical (unpaired) electrons. The van der Waals surface area contributed by atoms with Crippen LogP contribution in [-0.2, 0) is 0 Å². The SMILES string of the molecule is [CH]1SCC12CCC2. The van der Waals surface area contributed by atoms with Crippen LogP contribution < -0.4 is 0 Å². The van der Waals surface area contributed by atoms with Crippen molar-refractivity contribution in [2.24, 2.45) is 5.41 Å². The van der Waals surface area contributed by atoms with Crippen LogP contribution in [0.15, 0.2) is 0 Å². The lowest BCUT2D eigenvalue weighted by Gasteiger charge is -2.48. The van der Waals surface area contributed by atoms with Gasteiger partial charge in [-0.25, -0.2) is 0 Å². The molecule has 0 amide bonds. The number of hydrogen-bond acceptors (Lipinski definition) is 1. The molecule has 0 nitrogen and oxygen atoms in total. The summed E-state index contributed by atoms with van der Waals surface area (Å²) >= 11 is 1.99. The van der Waals surface area contributed by atoms with Gasteiger partial charge in [0, 0.05) is 11.5 Å². The molecule has 1 aliphatic carbocycles. The fraction of sp³-hybridized carbons (Fsp3) is 0.833. The van der Waals surface area contributed by atoms with Crippen LogP contribution in [0.2, 0.25) is 0 Å². The first-order valence-electron chi connectivity index (χ1n) is 2.87. The van der Waals surface area contributed by atoms with E-state index in [0.717, 1.165) is 5.41 Å². The standard InChI is InChI=1S/C6H9S/c1-2-6(3-1)4-7-5-6/h4H,1-3,5H2. The second kappa shape index (κ2) is 1.19. The van der Waals surface area contributed by atoms with E-state index in [-0.39, 0.29) is 0 Å². The molecule has 1 heteroatoms. The van der Waals surface area contributed by atoms with Crippen molar-refractivity contribution < 1.29 is 0 Å². The highest BCUT2D eigenvalue weighted by molar-refractivity contribution is 8.02. The minimum atomic E-state index is 0.782. The molecule has 1 heterocycles. The van der Waals surface area contributed by atoms with Gasteiger partial charge in [-0.3, -0.25) is 0 Å². The third-order valence-corrected chi connectivity index (χ3v) is 3.46. The summed E-state index contributed by atoms with van der Waals surface area (Å²) < 4.78 is 0. The molecule has 2 aliphatic rings. The van der Waals surface area contributed by atoms with Crippen LogP contribution in [0.4, 0.5) is 0 Å². The lowest BCUT2D eigenvalue weighted by Crippen LogP contribution is -2.37. The quantitative estimate of drug-likeness (QED) is 0.463. The summed E-state index contributed by atoms with van der Waals surface area (Å²) in [5.74, 6) is 3.85. The van der Waals surface area contributed by atoms with Crippen LogP contribution in [0.5, 0.6) is 0 Å². The van der Waals surface area contributed by atoms with E-state index in [0.29, 0.717) is 0 Å². The highest BCUT2D eigenvalue weighted by Crippen LogP contribution is 2.56. The lowest BCUT2D eigenvalue weighted by molar-refractivity contribution is 0.217. The van der Waals surface area contributed by atoms with Crippen LogP contribution in [0, 0.1) is 11.2 Å². The molecule has 2 fully saturated rings. The van der Waals surface area contributed by atoms with E-state index >= 15 is 0 Å². The molecule has 1 saturated heterocycles. The first kappa shape index (κ1) is 4.25. The van der Waals surface area contributed by atoms with E-state index in [9.17, 15) is 0 Å². The summed E-state index contributed by atoms with van der Waals surface area (Å²) in [7, 11) is 0. The fourth-order valence-electron chi connectivity index (χ4n) is 1.21. The summed E-state index contributed by atoms with van der Waals surface area (Å²) in [4.78, 5) is 0. The summed E-state index contributed by atoms with van der Waals surface area (Å²) in [5.41, 5.74) is 0.782. The molecule has 0 aromatic heterocycles. The highest BCUT2D eigenvalue weighted by Gasteiger charge is 2.42. The smallest absolute Gasteiger partial charge is 0.0236 e. The van der Waals surface area contributed by atoms with E-state index in [1.54, 1.807) is 0 Å². The second-order valence-corrected chi connectivity index (χ2v) is 3.50. The van der Waals surface area contributed by atoms with Crippen LogP contribution in [0.25, 0.3) is 0 Å². The number of thioether (sulfide) groups is 1. The van der Waals surface area contributed by atoms with Crippen molar-refractivity contribution in [3.8, 4) is 0 Å². The monoisotopic (exact) mass is 113 g/mol. The van der Waals surface area contributed by atoms with E-state index in [1.165, 1.54) is 25.0 Å². The Kier molecular flexibility index (Phi) is 0.724. The van der Waals surface area contributed by atoms with Gasteiger partial charge in [0.1, 0.15) is 0 Å².